The number of halogens is 1. The van der Waals surface area contributed by atoms with Gasteiger partial charge in [0.25, 0.3) is 0 Å². The zero-order chi connectivity index (χ0) is 12.8. The van der Waals surface area contributed by atoms with Gasteiger partial charge in [-0.3, -0.25) is 4.79 Å². The molecule has 17 heavy (non-hydrogen) atoms. The summed E-state index contributed by atoms with van der Waals surface area (Å²) in [6, 6.07) is 1.65. The highest BCUT2D eigenvalue weighted by Crippen LogP contribution is 2.14. The van der Waals surface area contributed by atoms with E-state index in [4.69, 9.17) is 11.6 Å². The average molecular weight is 257 g/mol. The third kappa shape index (κ3) is 4.19. The van der Waals surface area contributed by atoms with Gasteiger partial charge in [0.15, 0.2) is 0 Å². The highest BCUT2D eigenvalue weighted by molar-refractivity contribution is 6.29. The Bertz CT molecular complexity index is 397. The van der Waals surface area contributed by atoms with Gasteiger partial charge in [-0.15, -0.1) is 0 Å². The van der Waals surface area contributed by atoms with E-state index in [2.05, 4.69) is 15.3 Å². The van der Waals surface area contributed by atoms with Crippen LogP contribution in [0.15, 0.2) is 6.07 Å². The Morgan fingerprint density at radius 2 is 2.18 bits per heavy atom. The second-order valence-corrected chi connectivity index (χ2v) is 4.02. The minimum Gasteiger partial charge on any atom is -0.355 e. The molecule has 1 rings (SSSR count). The lowest BCUT2D eigenvalue weighted by Gasteiger charge is -2.18. The summed E-state index contributed by atoms with van der Waals surface area (Å²) >= 11 is 5.89. The standard InChI is InChI=1S/C11H17ClN4O/c1-4-9-14-8(12)6-10(15-9)16(3)7-11(17)13-5-2/h6H,4-5,7H2,1-3H3,(H,13,17). The summed E-state index contributed by atoms with van der Waals surface area (Å²) in [5.74, 6) is 1.30. The third-order valence-electron chi connectivity index (χ3n) is 2.19. The summed E-state index contributed by atoms with van der Waals surface area (Å²) in [5, 5.41) is 3.13. The summed E-state index contributed by atoms with van der Waals surface area (Å²) < 4.78 is 0. The Morgan fingerprint density at radius 3 is 2.76 bits per heavy atom. The Hall–Kier alpha value is -1.36. The maximum absolute atomic E-state index is 11.4. The van der Waals surface area contributed by atoms with Crippen molar-refractivity contribution in [3.05, 3.63) is 17.0 Å². The van der Waals surface area contributed by atoms with Gasteiger partial charge in [-0.1, -0.05) is 18.5 Å². The first-order valence-corrected chi connectivity index (χ1v) is 5.95. The Morgan fingerprint density at radius 1 is 1.47 bits per heavy atom. The van der Waals surface area contributed by atoms with Crippen LogP contribution in [0.4, 0.5) is 5.82 Å². The molecule has 1 amide bonds. The molecule has 6 heteroatoms. The van der Waals surface area contributed by atoms with E-state index in [1.165, 1.54) is 0 Å². The van der Waals surface area contributed by atoms with E-state index >= 15 is 0 Å². The molecule has 5 nitrogen and oxygen atoms in total. The quantitative estimate of drug-likeness (QED) is 0.806. The number of hydrogen-bond acceptors (Lipinski definition) is 4. The van der Waals surface area contributed by atoms with E-state index in [9.17, 15) is 4.79 Å². The molecule has 0 unspecified atom stereocenters. The van der Waals surface area contributed by atoms with Crippen LogP contribution in [0.1, 0.15) is 19.7 Å². The molecule has 1 aromatic rings. The van der Waals surface area contributed by atoms with Gasteiger partial charge in [0.2, 0.25) is 5.91 Å². The van der Waals surface area contributed by atoms with Gasteiger partial charge in [0.05, 0.1) is 6.54 Å². The van der Waals surface area contributed by atoms with Crippen LogP contribution in [0.5, 0.6) is 0 Å². The van der Waals surface area contributed by atoms with Crippen molar-refractivity contribution in [2.45, 2.75) is 20.3 Å². The molecule has 0 bridgehead atoms. The molecule has 0 aliphatic carbocycles. The largest absolute Gasteiger partial charge is 0.355 e. The van der Waals surface area contributed by atoms with Gasteiger partial charge < -0.3 is 10.2 Å². The molecule has 1 N–H and O–H groups in total. The van der Waals surface area contributed by atoms with Gasteiger partial charge in [-0.05, 0) is 6.92 Å². The number of anilines is 1. The summed E-state index contributed by atoms with van der Waals surface area (Å²) in [5.41, 5.74) is 0. The van der Waals surface area contributed by atoms with Gasteiger partial charge in [-0.25, -0.2) is 9.97 Å². The first-order valence-electron chi connectivity index (χ1n) is 5.58. The van der Waals surface area contributed by atoms with Crippen LogP contribution >= 0.6 is 11.6 Å². The topological polar surface area (TPSA) is 58.1 Å². The van der Waals surface area contributed by atoms with Crippen molar-refractivity contribution in [1.29, 1.82) is 0 Å². The van der Waals surface area contributed by atoms with Crippen molar-refractivity contribution < 1.29 is 4.79 Å². The number of carbonyl (C=O) groups excluding carboxylic acids is 1. The van der Waals surface area contributed by atoms with Gasteiger partial charge in [0.1, 0.15) is 16.8 Å². The first kappa shape index (κ1) is 13.7. The predicted octanol–water partition coefficient (Wildman–Crippen LogP) is 1.26. The molecule has 0 saturated carbocycles. The molecule has 0 aliphatic heterocycles. The molecule has 1 heterocycles. The van der Waals surface area contributed by atoms with E-state index in [1.807, 2.05) is 13.8 Å². The second-order valence-electron chi connectivity index (χ2n) is 3.63. The van der Waals surface area contributed by atoms with E-state index in [0.29, 0.717) is 29.8 Å². The lowest BCUT2D eigenvalue weighted by Crippen LogP contribution is -2.35. The molecule has 94 valence electrons. The Labute approximate surface area is 106 Å². The summed E-state index contributed by atoms with van der Waals surface area (Å²) in [4.78, 5) is 21.6. The van der Waals surface area contributed by atoms with E-state index in [1.54, 1.807) is 18.0 Å². The van der Waals surface area contributed by atoms with Crippen LogP contribution in [0.2, 0.25) is 5.15 Å². The zero-order valence-electron chi connectivity index (χ0n) is 10.3. The number of carbonyl (C=O) groups is 1. The molecule has 1 aromatic heterocycles. The van der Waals surface area contributed by atoms with Crippen LogP contribution in [0, 0.1) is 0 Å². The van der Waals surface area contributed by atoms with Crippen molar-refractivity contribution in [2.75, 3.05) is 25.0 Å². The molecular formula is C11H17ClN4O. The number of aryl methyl sites for hydroxylation is 1. The van der Waals surface area contributed by atoms with Gasteiger partial charge in [-0.2, -0.15) is 0 Å². The number of nitrogens with one attached hydrogen (secondary N) is 1. The van der Waals surface area contributed by atoms with Crippen LogP contribution in [0.3, 0.4) is 0 Å². The minimum atomic E-state index is -0.0391. The molecule has 0 radical (unpaired) electrons. The Kier molecular flexibility index (Phi) is 5.15. The SMILES string of the molecule is CCNC(=O)CN(C)c1cc(Cl)nc(CC)n1. The van der Waals surface area contributed by atoms with Crippen molar-refractivity contribution in [3.63, 3.8) is 0 Å². The second kappa shape index (κ2) is 6.39. The van der Waals surface area contributed by atoms with Gasteiger partial charge in [0, 0.05) is 26.1 Å². The van der Waals surface area contributed by atoms with Crippen molar-refractivity contribution in [3.8, 4) is 0 Å². The van der Waals surface area contributed by atoms with Gasteiger partial charge >= 0.3 is 0 Å². The summed E-state index contributed by atoms with van der Waals surface area (Å²) in [7, 11) is 1.80. The lowest BCUT2D eigenvalue weighted by molar-refractivity contribution is -0.119. The van der Waals surface area contributed by atoms with Crippen molar-refractivity contribution in [1.82, 2.24) is 15.3 Å². The molecule has 0 saturated heterocycles. The molecule has 0 atom stereocenters. The van der Waals surface area contributed by atoms with E-state index in [0.717, 1.165) is 0 Å². The first-order chi connectivity index (χ1) is 8.06. The summed E-state index contributed by atoms with van der Waals surface area (Å²) in [6.45, 7) is 4.72. The average Bonchev–Trinajstić information content (AvgIpc) is 2.28. The smallest absolute Gasteiger partial charge is 0.239 e. The number of amides is 1. The number of rotatable bonds is 5. The highest BCUT2D eigenvalue weighted by atomic mass is 35.5. The lowest BCUT2D eigenvalue weighted by atomic mass is 10.4. The molecule has 0 aromatic carbocycles. The van der Waals surface area contributed by atoms with Crippen molar-refractivity contribution in [2.24, 2.45) is 0 Å². The molecule has 0 aliphatic rings. The molecule has 0 fully saturated rings. The predicted molar refractivity (Wildman–Crippen MR) is 68.4 cm³/mol. The number of aromatic nitrogens is 2. The molecule has 0 spiro atoms. The molecular weight excluding hydrogens is 240 g/mol. The fourth-order valence-electron chi connectivity index (χ4n) is 1.35. The maximum atomic E-state index is 11.4. The van der Waals surface area contributed by atoms with Crippen LogP contribution < -0.4 is 10.2 Å². The number of nitrogens with zero attached hydrogens (tertiary/aromatic N) is 3. The Balaban J connectivity index is 2.77. The minimum absolute atomic E-state index is 0.0391. The highest BCUT2D eigenvalue weighted by Gasteiger charge is 2.10. The number of likely N-dealkylation sites (N-methyl/N-ethyl adjacent to an activating group) is 2. The van der Waals surface area contributed by atoms with Crippen LogP contribution in [-0.2, 0) is 11.2 Å². The number of hydrogen-bond donors (Lipinski definition) is 1. The third-order valence-corrected chi connectivity index (χ3v) is 2.38. The fourth-order valence-corrected chi connectivity index (χ4v) is 1.55. The maximum Gasteiger partial charge on any atom is 0.239 e. The zero-order valence-corrected chi connectivity index (χ0v) is 11.1. The van der Waals surface area contributed by atoms with Crippen LogP contribution in [0.25, 0.3) is 0 Å². The van der Waals surface area contributed by atoms with Crippen LogP contribution in [-0.4, -0.2) is 36.0 Å². The summed E-state index contributed by atoms with van der Waals surface area (Å²) in [6.07, 6.45) is 0.711. The fraction of sp³-hybridized carbons (Fsp3) is 0.545. The monoisotopic (exact) mass is 256 g/mol. The normalized spacial score (nSPS) is 10.1. The van der Waals surface area contributed by atoms with E-state index < -0.39 is 0 Å². The van der Waals surface area contributed by atoms with E-state index in [-0.39, 0.29) is 12.5 Å². The van der Waals surface area contributed by atoms with Crippen molar-refractivity contribution >= 4 is 23.3 Å².